The highest BCUT2D eigenvalue weighted by atomic mass is 127. The summed E-state index contributed by atoms with van der Waals surface area (Å²) >= 11 is 13.4. The number of rotatable bonds is 1. The first-order chi connectivity index (χ1) is 8.77. The van der Waals surface area contributed by atoms with Gasteiger partial charge in [0.25, 0.3) is 0 Å². The van der Waals surface area contributed by atoms with E-state index < -0.39 is 11.9 Å². The SMILES string of the molecule is FC(F)(F)c1cc(-c2cc(Cl)ccc2Cl)nc(I)n1. The van der Waals surface area contributed by atoms with Crippen LogP contribution in [0, 0.1) is 3.83 Å². The molecule has 8 heteroatoms. The molecule has 0 atom stereocenters. The Bertz CT molecular complexity index is 632. The molecule has 0 saturated heterocycles. The Balaban J connectivity index is 2.63. The van der Waals surface area contributed by atoms with Gasteiger partial charge in [-0.3, -0.25) is 0 Å². The fourth-order valence-electron chi connectivity index (χ4n) is 1.39. The summed E-state index contributed by atoms with van der Waals surface area (Å²) in [4.78, 5) is 7.31. The summed E-state index contributed by atoms with van der Waals surface area (Å²) < 4.78 is 38.1. The van der Waals surface area contributed by atoms with Crippen LogP contribution in [0.25, 0.3) is 11.3 Å². The van der Waals surface area contributed by atoms with Crippen molar-refractivity contribution in [2.45, 2.75) is 6.18 Å². The van der Waals surface area contributed by atoms with Gasteiger partial charge in [-0.2, -0.15) is 13.2 Å². The normalized spacial score (nSPS) is 11.7. The van der Waals surface area contributed by atoms with E-state index in [0.29, 0.717) is 10.6 Å². The predicted octanol–water partition coefficient (Wildman–Crippen LogP) is 5.07. The first-order valence-corrected chi connectivity index (χ1v) is 6.68. The maximum Gasteiger partial charge on any atom is 0.433 e. The molecule has 0 N–H and O–H groups in total. The molecule has 0 unspecified atom stereocenters. The molecule has 1 aromatic carbocycles. The van der Waals surface area contributed by atoms with Crippen molar-refractivity contribution in [3.05, 3.63) is 43.8 Å². The van der Waals surface area contributed by atoms with Crippen molar-refractivity contribution in [2.24, 2.45) is 0 Å². The van der Waals surface area contributed by atoms with Crippen LogP contribution in [0.5, 0.6) is 0 Å². The molecule has 2 nitrogen and oxygen atoms in total. The van der Waals surface area contributed by atoms with Crippen molar-refractivity contribution >= 4 is 45.8 Å². The van der Waals surface area contributed by atoms with Crippen molar-refractivity contribution in [3.8, 4) is 11.3 Å². The molecule has 0 aliphatic rings. The van der Waals surface area contributed by atoms with Gasteiger partial charge < -0.3 is 0 Å². The molecule has 0 bridgehead atoms. The lowest BCUT2D eigenvalue weighted by Gasteiger charge is -2.09. The predicted molar refractivity (Wildman–Crippen MR) is 75.2 cm³/mol. The second kappa shape index (κ2) is 5.41. The van der Waals surface area contributed by atoms with Crippen LogP contribution in [0.2, 0.25) is 10.0 Å². The van der Waals surface area contributed by atoms with Gasteiger partial charge >= 0.3 is 6.18 Å². The third kappa shape index (κ3) is 3.49. The maximum absolute atomic E-state index is 12.7. The highest BCUT2D eigenvalue weighted by Crippen LogP contribution is 2.33. The highest BCUT2D eigenvalue weighted by Gasteiger charge is 2.33. The van der Waals surface area contributed by atoms with Gasteiger partial charge in [0, 0.05) is 33.2 Å². The standard InChI is InChI=1S/C11H4Cl2F3IN2/c12-5-1-2-7(13)6(3-5)8-4-9(11(14,15)16)19-10(17)18-8/h1-4H. The smallest absolute Gasteiger partial charge is 0.223 e. The Kier molecular flexibility index (Phi) is 4.22. The van der Waals surface area contributed by atoms with Gasteiger partial charge in [0.2, 0.25) is 0 Å². The van der Waals surface area contributed by atoms with E-state index in [1.165, 1.54) is 12.1 Å². The Morgan fingerprint density at radius 2 is 1.74 bits per heavy atom. The number of nitrogens with zero attached hydrogens (tertiary/aromatic N) is 2. The maximum atomic E-state index is 12.7. The van der Waals surface area contributed by atoms with Gasteiger partial charge in [0.1, 0.15) is 5.69 Å². The number of hydrogen-bond acceptors (Lipinski definition) is 2. The molecule has 0 aliphatic heterocycles. The van der Waals surface area contributed by atoms with Crippen molar-refractivity contribution in [3.63, 3.8) is 0 Å². The van der Waals surface area contributed by atoms with Gasteiger partial charge in [-0.1, -0.05) is 23.2 Å². The second-order valence-electron chi connectivity index (χ2n) is 3.53. The lowest BCUT2D eigenvalue weighted by atomic mass is 10.1. The Labute approximate surface area is 130 Å². The Morgan fingerprint density at radius 1 is 1.05 bits per heavy atom. The molecule has 1 aromatic heterocycles. The zero-order valence-electron chi connectivity index (χ0n) is 8.97. The summed E-state index contributed by atoms with van der Waals surface area (Å²) in [5.74, 6) is 0. The molecule has 0 amide bonds. The van der Waals surface area contributed by atoms with E-state index in [9.17, 15) is 13.2 Å². The molecular weight excluding hydrogens is 415 g/mol. The molecule has 1 heterocycles. The third-order valence-corrected chi connectivity index (χ3v) is 3.24. The van der Waals surface area contributed by atoms with Gasteiger partial charge in [0.05, 0.1) is 10.7 Å². The number of alkyl halides is 3. The number of halogens is 6. The van der Waals surface area contributed by atoms with E-state index in [-0.39, 0.29) is 14.5 Å². The van der Waals surface area contributed by atoms with Gasteiger partial charge in [-0.25, -0.2) is 9.97 Å². The largest absolute Gasteiger partial charge is 0.433 e. The topological polar surface area (TPSA) is 25.8 Å². The molecule has 0 spiro atoms. The van der Waals surface area contributed by atoms with Crippen LogP contribution < -0.4 is 0 Å². The van der Waals surface area contributed by atoms with Crippen LogP contribution in [0.3, 0.4) is 0 Å². The van der Waals surface area contributed by atoms with Crippen LogP contribution >= 0.6 is 45.8 Å². The number of hydrogen-bond donors (Lipinski definition) is 0. The molecule has 2 rings (SSSR count). The van der Waals surface area contributed by atoms with E-state index >= 15 is 0 Å². The number of aromatic nitrogens is 2. The zero-order valence-corrected chi connectivity index (χ0v) is 12.6. The van der Waals surface area contributed by atoms with Crippen molar-refractivity contribution < 1.29 is 13.2 Å². The Hall–Kier alpha value is -0.600. The summed E-state index contributed by atoms with van der Waals surface area (Å²) in [6.07, 6.45) is -4.54. The van der Waals surface area contributed by atoms with Gasteiger partial charge in [-0.05, 0) is 24.3 Å². The average Bonchev–Trinajstić information content (AvgIpc) is 2.30. The monoisotopic (exact) mass is 418 g/mol. The molecule has 100 valence electrons. The second-order valence-corrected chi connectivity index (χ2v) is 5.34. The molecule has 0 aliphatic carbocycles. The number of benzene rings is 1. The van der Waals surface area contributed by atoms with Crippen LogP contribution in [-0.2, 0) is 6.18 Å². The van der Waals surface area contributed by atoms with Crippen LogP contribution in [-0.4, -0.2) is 9.97 Å². The Morgan fingerprint density at radius 3 is 2.37 bits per heavy atom. The summed E-state index contributed by atoms with van der Waals surface area (Å²) in [6.45, 7) is 0. The van der Waals surface area contributed by atoms with Crippen LogP contribution in [0.4, 0.5) is 13.2 Å². The molecule has 19 heavy (non-hydrogen) atoms. The molecule has 2 aromatic rings. The zero-order chi connectivity index (χ0) is 14.2. The van der Waals surface area contributed by atoms with Crippen LogP contribution in [0.1, 0.15) is 5.69 Å². The minimum atomic E-state index is -4.54. The van der Waals surface area contributed by atoms with E-state index in [0.717, 1.165) is 6.07 Å². The summed E-state index contributed by atoms with van der Waals surface area (Å²) in [5, 5.41) is 0.633. The lowest BCUT2D eigenvalue weighted by Crippen LogP contribution is -2.10. The lowest BCUT2D eigenvalue weighted by molar-refractivity contribution is -0.141. The van der Waals surface area contributed by atoms with Crippen molar-refractivity contribution in [1.29, 1.82) is 0 Å². The fraction of sp³-hybridized carbons (Fsp3) is 0.0909. The summed E-state index contributed by atoms with van der Waals surface area (Å²) in [7, 11) is 0. The molecule has 0 radical (unpaired) electrons. The van der Waals surface area contributed by atoms with Gasteiger partial charge in [0.15, 0.2) is 3.83 Å². The minimum absolute atomic E-state index is 0.0153. The third-order valence-electron chi connectivity index (χ3n) is 2.19. The quantitative estimate of drug-likeness (QED) is 0.477. The van der Waals surface area contributed by atoms with E-state index in [1.54, 1.807) is 28.7 Å². The minimum Gasteiger partial charge on any atom is -0.223 e. The molecule has 0 fully saturated rings. The van der Waals surface area contributed by atoms with E-state index in [1.807, 2.05) is 0 Å². The summed E-state index contributed by atoms with van der Waals surface area (Å²) in [6, 6.07) is 5.35. The summed E-state index contributed by atoms with van der Waals surface area (Å²) in [5.41, 5.74) is -0.600. The fourth-order valence-corrected chi connectivity index (χ4v) is 2.30. The molecule has 0 saturated carbocycles. The van der Waals surface area contributed by atoms with Gasteiger partial charge in [-0.15, -0.1) is 0 Å². The first-order valence-electron chi connectivity index (χ1n) is 4.84. The van der Waals surface area contributed by atoms with Crippen molar-refractivity contribution in [2.75, 3.05) is 0 Å². The first kappa shape index (κ1) is 14.8. The van der Waals surface area contributed by atoms with E-state index in [4.69, 9.17) is 23.2 Å². The molecular formula is C11H4Cl2F3IN2. The van der Waals surface area contributed by atoms with Crippen molar-refractivity contribution in [1.82, 2.24) is 9.97 Å². The van der Waals surface area contributed by atoms with Crippen LogP contribution in [0.15, 0.2) is 24.3 Å². The highest BCUT2D eigenvalue weighted by molar-refractivity contribution is 14.1. The van der Waals surface area contributed by atoms with E-state index in [2.05, 4.69) is 9.97 Å². The average molecular weight is 419 g/mol.